The summed E-state index contributed by atoms with van der Waals surface area (Å²) < 4.78 is 5.72. The minimum Gasteiger partial charge on any atom is -0.491 e. The number of hydrogen-bond donors (Lipinski definition) is 1. The number of anilines is 1. The molecular weight excluding hydrogens is 357 g/mol. The normalized spacial score (nSPS) is 11.9. The molecule has 0 aliphatic rings. The lowest BCUT2D eigenvalue weighted by atomic mass is 10.2. The summed E-state index contributed by atoms with van der Waals surface area (Å²) in [6, 6.07) is 9.97. The van der Waals surface area contributed by atoms with E-state index < -0.39 is 0 Å². The van der Waals surface area contributed by atoms with Gasteiger partial charge in [0, 0.05) is 5.56 Å². The zero-order valence-corrected chi connectivity index (χ0v) is 15.0. The van der Waals surface area contributed by atoms with E-state index in [0.29, 0.717) is 32.1 Å². The molecule has 2 aromatic rings. The fourth-order valence-electron chi connectivity index (χ4n) is 1.84. The van der Waals surface area contributed by atoms with Crippen molar-refractivity contribution in [3.8, 4) is 5.75 Å². The molecule has 0 fully saturated rings. The van der Waals surface area contributed by atoms with E-state index >= 15 is 0 Å². The molecule has 1 unspecified atom stereocenters. The average molecular weight is 373 g/mol. The van der Waals surface area contributed by atoms with Crippen molar-refractivity contribution in [2.45, 2.75) is 26.4 Å². The Balaban J connectivity index is 2.18. The maximum atomic E-state index is 12.4. The molecule has 122 valence electrons. The molecule has 3 nitrogen and oxygen atoms in total. The van der Waals surface area contributed by atoms with Crippen molar-refractivity contribution in [2.75, 3.05) is 5.32 Å². The molecule has 23 heavy (non-hydrogen) atoms. The van der Waals surface area contributed by atoms with E-state index in [1.807, 2.05) is 19.9 Å². The maximum Gasteiger partial charge on any atom is 0.255 e. The molecule has 0 aliphatic carbocycles. The minimum atomic E-state index is -0.306. The van der Waals surface area contributed by atoms with Gasteiger partial charge >= 0.3 is 0 Å². The number of rotatable bonds is 5. The summed E-state index contributed by atoms with van der Waals surface area (Å²) in [7, 11) is 0. The lowest BCUT2D eigenvalue weighted by Gasteiger charge is -2.13. The summed E-state index contributed by atoms with van der Waals surface area (Å²) in [6.45, 7) is 4.01. The van der Waals surface area contributed by atoms with Gasteiger partial charge in [-0.3, -0.25) is 4.79 Å². The number of hydrogen-bond acceptors (Lipinski definition) is 2. The van der Waals surface area contributed by atoms with Crippen LogP contribution in [0.4, 0.5) is 5.69 Å². The molecule has 0 bridgehead atoms. The average Bonchev–Trinajstić information content (AvgIpc) is 2.52. The number of halogens is 3. The van der Waals surface area contributed by atoms with E-state index in [-0.39, 0.29) is 12.0 Å². The summed E-state index contributed by atoms with van der Waals surface area (Å²) in [6.07, 6.45) is 0.966. The standard InChI is InChI=1S/C17H16Cl3NO2/c1-3-10(2)23-12-6-4-5-11(7-12)17(22)21-16-9-14(19)13(18)8-15(16)20/h4-10H,3H2,1-2H3,(H,21,22). The Morgan fingerprint density at radius 1 is 1.13 bits per heavy atom. The molecule has 1 N–H and O–H groups in total. The van der Waals surface area contributed by atoms with Gasteiger partial charge < -0.3 is 10.1 Å². The van der Waals surface area contributed by atoms with Gasteiger partial charge in [-0.2, -0.15) is 0 Å². The first-order valence-electron chi connectivity index (χ1n) is 7.13. The van der Waals surface area contributed by atoms with E-state index in [0.717, 1.165) is 6.42 Å². The molecular formula is C17H16Cl3NO2. The van der Waals surface area contributed by atoms with Crippen LogP contribution in [0.25, 0.3) is 0 Å². The van der Waals surface area contributed by atoms with E-state index in [1.165, 1.54) is 12.1 Å². The second kappa shape index (κ2) is 7.91. The van der Waals surface area contributed by atoms with Gasteiger partial charge in [0.25, 0.3) is 5.91 Å². The van der Waals surface area contributed by atoms with Gasteiger partial charge in [-0.15, -0.1) is 0 Å². The van der Waals surface area contributed by atoms with Gasteiger partial charge in [-0.1, -0.05) is 47.8 Å². The molecule has 2 aromatic carbocycles. The van der Waals surface area contributed by atoms with Crippen LogP contribution in [0, 0.1) is 0 Å². The number of carbonyl (C=O) groups is 1. The van der Waals surface area contributed by atoms with Crippen LogP contribution in [0.3, 0.4) is 0 Å². The van der Waals surface area contributed by atoms with Crippen LogP contribution in [0.1, 0.15) is 30.6 Å². The van der Waals surface area contributed by atoms with Crippen LogP contribution in [0.2, 0.25) is 15.1 Å². The minimum absolute atomic E-state index is 0.0813. The summed E-state index contributed by atoms with van der Waals surface area (Å²) in [5.74, 6) is 0.340. The van der Waals surface area contributed by atoms with Crippen LogP contribution in [-0.2, 0) is 0 Å². The molecule has 0 aromatic heterocycles. The molecule has 0 aliphatic heterocycles. The van der Waals surface area contributed by atoms with Crippen molar-refractivity contribution in [2.24, 2.45) is 0 Å². The van der Waals surface area contributed by atoms with Crippen molar-refractivity contribution in [1.82, 2.24) is 0 Å². The van der Waals surface area contributed by atoms with Crippen molar-refractivity contribution in [3.63, 3.8) is 0 Å². The molecule has 0 heterocycles. The van der Waals surface area contributed by atoms with Gasteiger partial charge in [0.1, 0.15) is 5.75 Å². The molecule has 2 rings (SSSR count). The Kier molecular flexibility index (Phi) is 6.17. The van der Waals surface area contributed by atoms with Gasteiger partial charge in [0.15, 0.2) is 0 Å². The third kappa shape index (κ3) is 4.77. The molecule has 0 saturated heterocycles. The Bertz CT molecular complexity index is 719. The van der Waals surface area contributed by atoms with Crippen LogP contribution in [0.5, 0.6) is 5.75 Å². The first kappa shape index (κ1) is 17.9. The highest BCUT2D eigenvalue weighted by atomic mass is 35.5. The highest BCUT2D eigenvalue weighted by Crippen LogP contribution is 2.32. The van der Waals surface area contributed by atoms with Gasteiger partial charge in [0.05, 0.1) is 26.9 Å². The first-order valence-corrected chi connectivity index (χ1v) is 8.26. The molecule has 1 amide bonds. The Morgan fingerprint density at radius 2 is 1.83 bits per heavy atom. The van der Waals surface area contributed by atoms with Crippen molar-refractivity contribution >= 4 is 46.4 Å². The van der Waals surface area contributed by atoms with Gasteiger partial charge in [0.2, 0.25) is 0 Å². The van der Waals surface area contributed by atoms with Crippen LogP contribution in [-0.4, -0.2) is 12.0 Å². The summed E-state index contributed by atoms with van der Waals surface area (Å²) in [5.41, 5.74) is 0.868. The SMILES string of the molecule is CCC(C)Oc1cccc(C(=O)Nc2cc(Cl)c(Cl)cc2Cl)c1. The first-order chi connectivity index (χ1) is 10.9. The van der Waals surface area contributed by atoms with Gasteiger partial charge in [-0.25, -0.2) is 0 Å². The zero-order chi connectivity index (χ0) is 17.0. The third-order valence-electron chi connectivity index (χ3n) is 3.27. The lowest BCUT2D eigenvalue weighted by molar-refractivity contribution is 0.102. The molecule has 0 spiro atoms. The van der Waals surface area contributed by atoms with Crippen LogP contribution < -0.4 is 10.1 Å². The van der Waals surface area contributed by atoms with E-state index in [2.05, 4.69) is 5.32 Å². The predicted molar refractivity (Wildman–Crippen MR) is 96.2 cm³/mol. The molecule has 6 heteroatoms. The van der Waals surface area contributed by atoms with E-state index in [4.69, 9.17) is 39.5 Å². The number of ether oxygens (including phenoxy) is 1. The number of benzene rings is 2. The Labute approximate surface area is 150 Å². The van der Waals surface area contributed by atoms with Crippen LogP contribution in [0.15, 0.2) is 36.4 Å². The quantitative estimate of drug-likeness (QED) is 0.646. The van der Waals surface area contributed by atoms with Gasteiger partial charge in [-0.05, 0) is 43.7 Å². The topological polar surface area (TPSA) is 38.3 Å². The zero-order valence-electron chi connectivity index (χ0n) is 12.7. The fourth-order valence-corrected chi connectivity index (χ4v) is 2.43. The Morgan fingerprint density at radius 3 is 2.52 bits per heavy atom. The highest BCUT2D eigenvalue weighted by Gasteiger charge is 2.12. The van der Waals surface area contributed by atoms with Crippen LogP contribution >= 0.6 is 34.8 Å². The maximum absolute atomic E-state index is 12.4. The summed E-state index contributed by atoms with van der Waals surface area (Å²) in [4.78, 5) is 12.4. The van der Waals surface area contributed by atoms with Crippen molar-refractivity contribution in [1.29, 1.82) is 0 Å². The van der Waals surface area contributed by atoms with E-state index in [1.54, 1.807) is 18.2 Å². The second-order valence-electron chi connectivity index (χ2n) is 5.06. The largest absolute Gasteiger partial charge is 0.491 e. The highest BCUT2D eigenvalue weighted by molar-refractivity contribution is 6.44. The molecule has 0 radical (unpaired) electrons. The Hall–Kier alpha value is -1.42. The fraction of sp³-hybridized carbons (Fsp3) is 0.235. The third-order valence-corrected chi connectivity index (χ3v) is 4.30. The second-order valence-corrected chi connectivity index (χ2v) is 6.29. The number of nitrogens with one attached hydrogen (secondary N) is 1. The summed E-state index contributed by atoms with van der Waals surface area (Å²) >= 11 is 17.9. The lowest BCUT2D eigenvalue weighted by Crippen LogP contribution is -2.14. The predicted octanol–water partition coefficient (Wildman–Crippen LogP) is 6.08. The van der Waals surface area contributed by atoms with Crippen molar-refractivity contribution < 1.29 is 9.53 Å². The monoisotopic (exact) mass is 371 g/mol. The number of carbonyl (C=O) groups excluding carboxylic acids is 1. The van der Waals surface area contributed by atoms with E-state index in [9.17, 15) is 4.79 Å². The number of amides is 1. The van der Waals surface area contributed by atoms with Crippen molar-refractivity contribution in [3.05, 3.63) is 57.0 Å². The smallest absolute Gasteiger partial charge is 0.255 e. The molecule has 1 atom stereocenters. The summed E-state index contributed by atoms with van der Waals surface area (Å²) in [5, 5.41) is 3.69. The molecule has 0 saturated carbocycles.